The number of pyridine rings is 1. The third-order valence-electron chi connectivity index (χ3n) is 2.57. The van der Waals surface area contributed by atoms with Crippen molar-refractivity contribution in [2.24, 2.45) is 0 Å². The van der Waals surface area contributed by atoms with Crippen molar-refractivity contribution < 1.29 is 5.11 Å². The summed E-state index contributed by atoms with van der Waals surface area (Å²) < 4.78 is 0. The minimum atomic E-state index is 0.0989. The van der Waals surface area contributed by atoms with Crippen LogP contribution in [0.2, 0.25) is 0 Å². The van der Waals surface area contributed by atoms with E-state index in [1.54, 1.807) is 6.20 Å². The van der Waals surface area contributed by atoms with Gasteiger partial charge in [0.25, 0.3) is 0 Å². The molecule has 0 saturated heterocycles. The van der Waals surface area contributed by atoms with Crippen LogP contribution in [0.4, 0.5) is 0 Å². The fourth-order valence-corrected chi connectivity index (χ4v) is 1.60. The third kappa shape index (κ3) is 3.66. The molecule has 0 fully saturated rings. The van der Waals surface area contributed by atoms with Gasteiger partial charge in [0.2, 0.25) is 0 Å². The number of benzene rings is 1. The van der Waals surface area contributed by atoms with Crippen molar-refractivity contribution >= 4 is 0 Å². The first-order valence-electron chi connectivity index (χ1n) is 5.68. The lowest BCUT2D eigenvalue weighted by atomic mass is 10.1. The van der Waals surface area contributed by atoms with Crippen LogP contribution >= 0.6 is 0 Å². The second-order valence-electron chi connectivity index (χ2n) is 3.90. The number of nitrogens with zero attached hydrogens (tertiary/aromatic N) is 1. The van der Waals surface area contributed by atoms with Gasteiger partial charge < -0.3 is 10.4 Å². The number of nitrogens with one attached hydrogen (secondary N) is 1. The van der Waals surface area contributed by atoms with Crippen molar-refractivity contribution in [2.45, 2.75) is 19.7 Å². The number of rotatable bonds is 5. The SMILES string of the molecule is OCc1ccc(CNCc2ccccn2)cc1. The first-order valence-corrected chi connectivity index (χ1v) is 5.68. The second kappa shape index (κ2) is 6.13. The number of hydrogen-bond donors (Lipinski definition) is 2. The van der Waals surface area contributed by atoms with E-state index in [0.29, 0.717) is 0 Å². The molecular formula is C14H16N2O. The fraction of sp³-hybridized carbons (Fsp3) is 0.214. The maximum absolute atomic E-state index is 8.93. The van der Waals surface area contributed by atoms with Crippen LogP contribution in [0, 0.1) is 0 Å². The predicted molar refractivity (Wildman–Crippen MR) is 67.1 cm³/mol. The molecule has 0 amide bonds. The smallest absolute Gasteiger partial charge is 0.0681 e. The molecule has 17 heavy (non-hydrogen) atoms. The molecule has 0 bridgehead atoms. The lowest BCUT2D eigenvalue weighted by Crippen LogP contribution is -2.13. The van der Waals surface area contributed by atoms with Gasteiger partial charge in [0.05, 0.1) is 12.3 Å². The van der Waals surface area contributed by atoms with E-state index in [-0.39, 0.29) is 6.61 Å². The zero-order chi connectivity index (χ0) is 11.9. The first-order chi connectivity index (χ1) is 8.38. The van der Waals surface area contributed by atoms with Crippen LogP contribution in [-0.2, 0) is 19.7 Å². The summed E-state index contributed by atoms with van der Waals surface area (Å²) in [4.78, 5) is 4.24. The average molecular weight is 228 g/mol. The van der Waals surface area contributed by atoms with Crippen LogP contribution in [0.5, 0.6) is 0 Å². The van der Waals surface area contributed by atoms with Crippen LogP contribution in [0.25, 0.3) is 0 Å². The minimum absolute atomic E-state index is 0.0989. The Kier molecular flexibility index (Phi) is 4.24. The summed E-state index contributed by atoms with van der Waals surface area (Å²) in [5.74, 6) is 0. The predicted octanol–water partition coefficient (Wildman–Crippen LogP) is 1.86. The molecule has 0 spiro atoms. The van der Waals surface area contributed by atoms with Crippen molar-refractivity contribution in [3.63, 3.8) is 0 Å². The Morgan fingerprint density at radius 2 is 1.71 bits per heavy atom. The molecule has 88 valence electrons. The Labute approximate surface area is 101 Å². The molecule has 2 N–H and O–H groups in total. The molecule has 3 nitrogen and oxygen atoms in total. The highest BCUT2D eigenvalue weighted by Gasteiger charge is 1.95. The zero-order valence-corrected chi connectivity index (χ0v) is 9.63. The standard InChI is InChI=1S/C14H16N2O/c17-11-13-6-4-12(5-7-13)9-15-10-14-3-1-2-8-16-14/h1-8,15,17H,9-11H2. The van der Waals surface area contributed by atoms with Crippen molar-refractivity contribution in [3.8, 4) is 0 Å². The maximum Gasteiger partial charge on any atom is 0.0681 e. The van der Waals surface area contributed by atoms with Gasteiger partial charge in [-0.15, -0.1) is 0 Å². The van der Waals surface area contributed by atoms with E-state index < -0.39 is 0 Å². The molecule has 3 heteroatoms. The molecule has 0 saturated carbocycles. The van der Waals surface area contributed by atoms with Gasteiger partial charge in [-0.3, -0.25) is 4.98 Å². The molecule has 0 atom stereocenters. The summed E-state index contributed by atoms with van der Waals surface area (Å²) >= 11 is 0. The van der Waals surface area contributed by atoms with Crippen LogP contribution in [0.1, 0.15) is 16.8 Å². The lowest BCUT2D eigenvalue weighted by molar-refractivity contribution is 0.282. The largest absolute Gasteiger partial charge is 0.392 e. The Morgan fingerprint density at radius 1 is 0.941 bits per heavy atom. The molecule has 0 aliphatic heterocycles. The van der Waals surface area contributed by atoms with Crippen molar-refractivity contribution in [2.75, 3.05) is 0 Å². The van der Waals surface area contributed by atoms with Gasteiger partial charge in [-0.2, -0.15) is 0 Å². The maximum atomic E-state index is 8.93. The minimum Gasteiger partial charge on any atom is -0.392 e. The Bertz CT molecular complexity index is 440. The van der Waals surface area contributed by atoms with E-state index in [9.17, 15) is 0 Å². The number of hydrogen-bond acceptors (Lipinski definition) is 3. The molecule has 2 rings (SSSR count). The Morgan fingerprint density at radius 3 is 2.35 bits per heavy atom. The number of aromatic nitrogens is 1. The second-order valence-corrected chi connectivity index (χ2v) is 3.90. The van der Waals surface area contributed by atoms with Gasteiger partial charge in [-0.05, 0) is 23.3 Å². The van der Waals surface area contributed by atoms with Crippen LogP contribution in [-0.4, -0.2) is 10.1 Å². The molecule has 1 aromatic heterocycles. The molecule has 0 aliphatic carbocycles. The van der Waals surface area contributed by atoms with Gasteiger partial charge in [0.15, 0.2) is 0 Å². The van der Waals surface area contributed by atoms with E-state index >= 15 is 0 Å². The molecule has 1 aromatic carbocycles. The Hall–Kier alpha value is -1.71. The van der Waals surface area contributed by atoms with Crippen LogP contribution < -0.4 is 5.32 Å². The third-order valence-corrected chi connectivity index (χ3v) is 2.57. The molecule has 2 aromatic rings. The molecule has 0 unspecified atom stereocenters. The fourth-order valence-electron chi connectivity index (χ4n) is 1.60. The van der Waals surface area contributed by atoms with Crippen molar-refractivity contribution in [3.05, 3.63) is 65.5 Å². The van der Waals surface area contributed by atoms with E-state index in [0.717, 1.165) is 24.3 Å². The molecule has 1 heterocycles. The monoisotopic (exact) mass is 228 g/mol. The summed E-state index contributed by atoms with van der Waals surface area (Å²) in [5.41, 5.74) is 3.19. The van der Waals surface area contributed by atoms with Gasteiger partial charge in [-0.1, -0.05) is 30.3 Å². The normalized spacial score (nSPS) is 10.4. The summed E-state index contributed by atoms with van der Waals surface area (Å²) in [5, 5.41) is 12.3. The van der Waals surface area contributed by atoms with Gasteiger partial charge in [0.1, 0.15) is 0 Å². The highest BCUT2D eigenvalue weighted by atomic mass is 16.3. The zero-order valence-electron chi connectivity index (χ0n) is 9.63. The summed E-state index contributed by atoms with van der Waals surface area (Å²) in [6, 6.07) is 13.8. The molecule has 0 radical (unpaired) electrons. The first kappa shape index (κ1) is 11.8. The van der Waals surface area contributed by atoms with Gasteiger partial charge in [-0.25, -0.2) is 0 Å². The van der Waals surface area contributed by atoms with Gasteiger partial charge in [0, 0.05) is 19.3 Å². The van der Waals surface area contributed by atoms with E-state index in [1.807, 2.05) is 42.5 Å². The van der Waals surface area contributed by atoms with Gasteiger partial charge >= 0.3 is 0 Å². The molecular weight excluding hydrogens is 212 g/mol. The number of aliphatic hydroxyl groups excluding tert-OH is 1. The lowest BCUT2D eigenvalue weighted by Gasteiger charge is -2.05. The van der Waals surface area contributed by atoms with Crippen molar-refractivity contribution in [1.82, 2.24) is 10.3 Å². The Balaban J connectivity index is 1.82. The van der Waals surface area contributed by atoms with E-state index in [1.165, 1.54) is 5.56 Å². The molecule has 0 aliphatic rings. The van der Waals surface area contributed by atoms with E-state index in [4.69, 9.17) is 5.11 Å². The quantitative estimate of drug-likeness (QED) is 0.821. The highest BCUT2D eigenvalue weighted by molar-refractivity contribution is 5.21. The van der Waals surface area contributed by atoms with Crippen molar-refractivity contribution in [1.29, 1.82) is 0 Å². The van der Waals surface area contributed by atoms with Crippen LogP contribution in [0.3, 0.4) is 0 Å². The highest BCUT2D eigenvalue weighted by Crippen LogP contribution is 2.04. The summed E-state index contributed by atoms with van der Waals surface area (Å²) in [7, 11) is 0. The van der Waals surface area contributed by atoms with E-state index in [2.05, 4.69) is 10.3 Å². The average Bonchev–Trinajstić information content (AvgIpc) is 2.41. The number of aliphatic hydroxyl groups is 1. The summed E-state index contributed by atoms with van der Waals surface area (Å²) in [6.07, 6.45) is 1.80. The van der Waals surface area contributed by atoms with Crippen LogP contribution in [0.15, 0.2) is 48.7 Å². The summed E-state index contributed by atoms with van der Waals surface area (Å²) in [6.45, 7) is 1.67. The topological polar surface area (TPSA) is 45.1 Å².